The fraction of sp³-hybridized carbons (Fsp3) is 0.389. The normalized spacial score (nSPS) is 18.0. The number of fused-ring (bicyclic) bond motifs is 1. The van der Waals surface area contributed by atoms with Crippen LogP contribution >= 0.6 is 11.8 Å². The predicted molar refractivity (Wildman–Crippen MR) is 96.5 cm³/mol. The van der Waals surface area contributed by atoms with Gasteiger partial charge in [-0.1, -0.05) is 36.9 Å². The Morgan fingerprint density at radius 3 is 3.12 bits per heavy atom. The lowest BCUT2D eigenvalue weighted by molar-refractivity contribution is 0.0652. The van der Waals surface area contributed by atoms with Crippen LogP contribution in [-0.4, -0.2) is 39.1 Å². The lowest BCUT2D eigenvalue weighted by Crippen LogP contribution is -2.39. The first-order valence-corrected chi connectivity index (χ1v) is 9.49. The molecule has 1 saturated heterocycles. The molecule has 1 atom stereocenters. The number of H-pyrrole nitrogens is 1. The van der Waals surface area contributed by atoms with E-state index in [0.29, 0.717) is 17.4 Å². The molecule has 2 aromatic heterocycles. The maximum absolute atomic E-state index is 13.1. The third-order valence-corrected chi connectivity index (χ3v) is 5.49. The number of nitrogens with zero attached hydrogens (tertiary/aromatic N) is 3. The molecule has 25 heavy (non-hydrogen) atoms. The standard InChI is InChI=1S/C18H20N4O2S/c1-12-5-4-8-22(9-12)17(23)16-14(10-25-18-19-11-20-21-18)13-6-2-3-7-15(13)24-16/h2-3,6-7,11-12H,4-5,8-10H2,1H3,(H,19,20,21)/t12-/m0/s1. The van der Waals surface area contributed by atoms with Gasteiger partial charge in [0, 0.05) is 29.8 Å². The molecule has 1 N–H and O–H groups in total. The number of amides is 1. The molecule has 7 heteroatoms. The summed E-state index contributed by atoms with van der Waals surface area (Å²) in [5, 5.41) is 8.43. The summed E-state index contributed by atoms with van der Waals surface area (Å²) >= 11 is 1.52. The number of furan rings is 1. The molecule has 0 saturated carbocycles. The number of piperidine rings is 1. The van der Waals surface area contributed by atoms with Gasteiger partial charge in [0.2, 0.25) is 0 Å². The van der Waals surface area contributed by atoms with E-state index in [0.717, 1.165) is 41.2 Å². The zero-order valence-corrected chi connectivity index (χ0v) is 14.9. The van der Waals surface area contributed by atoms with Crippen molar-refractivity contribution in [2.45, 2.75) is 30.7 Å². The van der Waals surface area contributed by atoms with Crippen LogP contribution < -0.4 is 0 Å². The van der Waals surface area contributed by atoms with Crippen molar-refractivity contribution in [2.75, 3.05) is 13.1 Å². The Morgan fingerprint density at radius 1 is 1.44 bits per heavy atom. The molecule has 0 radical (unpaired) electrons. The van der Waals surface area contributed by atoms with E-state index in [-0.39, 0.29) is 5.91 Å². The molecule has 1 aromatic carbocycles. The topological polar surface area (TPSA) is 75.0 Å². The fourth-order valence-corrected chi connectivity index (χ4v) is 4.14. The first-order chi connectivity index (χ1) is 12.2. The molecular formula is C18H20N4O2S. The van der Waals surface area contributed by atoms with Crippen LogP contribution in [0.5, 0.6) is 0 Å². The van der Waals surface area contributed by atoms with Crippen LogP contribution in [0.3, 0.4) is 0 Å². The first kappa shape index (κ1) is 16.2. The molecule has 130 valence electrons. The van der Waals surface area contributed by atoms with Crippen molar-refractivity contribution in [1.82, 2.24) is 20.1 Å². The summed E-state index contributed by atoms with van der Waals surface area (Å²) in [5.41, 5.74) is 1.68. The van der Waals surface area contributed by atoms with Crippen molar-refractivity contribution in [3.05, 3.63) is 41.9 Å². The van der Waals surface area contributed by atoms with Crippen molar-refractivity contribution in [3.8, 4) is 0 Å². The Morgan fingerprint density at radius 2 is 2.32 bits per heavy atom. The van der Waals surface area contributed by atoms with Crippen LogP contribution in [-0.2, 0) is 5.75 Å². The second-order valence-corrected chi connectivity index (χ2v) is 7.45. The summed E-state index contributed by atoms with van der Waals surface area (Å²) in [6.07, 6.45) is 3.71. The molecule has 0 unspecified atom stereocenters. The fourth-order valence-electron chi connectivity index (χ4n) is 3.34. The number of likely N-dealkylation sites (tertiary alicyclic amines) is 1. The predicted octanol–water partition coefficient (Wildman–Crippen LogP) is 3.72. The molecule has 1 aliphatic rings. The number of benzene rings is 1. The van der Waals surface area contributed by atoms with Crippen LogP contribution in [0.4, 0.5) is 0 Å². The van der Waals surface area contributed by atoms with Gasteiger partial charge in [-0.05, 0) is 24.8 Å². The van der Waals surface area contributed by atoms with Gasteiger partial charge in [-0.2, -0.15) is 5.10 Å². The van der Waals surface area contributed by atoms with Crippen molar-refractivity contribution in [2.24, 2.45) is 5.92 Å². The number of carbonyl (C=O) groups is 1. The average Bonchev–Trinajstić information content (AvgIpc) is 3.27. The number of rotatable bonds is 4. The number of nitrogens with one attached hydrogen (secondary N) is 1. The third kappa shape index (κ3) is 3.28. The molecule has 0 spiro atoms. The van der Waals surface area contributed by atoms with E-state index >= 15 is 0 Å². The molecule has 1 fully saturated rings. The maximum atomic E-state index is 13.1. The van der Waals surface area contributed by atoms with Crippen LogP contribution in [0.1, 0.15) is 35.9 Å². The van der Waals surface area contributed by atoms with Crippen LogP contribution in [0, 0.1) is 5.92 Å². The number of aromatic amines is 1. The van der Waals surface area contributed by atoms with Gasteiger partial charge in [0.1, 0.15) is 11.9 Å². The van der Waals surface area contributed by atoms with Gasteiger partial charge in [0.25, 0.3) is 5.91 Å². The van der Waals surface area contributed by atoms with Crippen LogP contribution in [0.2, 0.25) is 0 Å². The quantitative estimate of drug-likeness (QED) is 0.721. The van der Waals surface area contributed by atoms with Crippen molar-refractivity contribution in [3.63, 3.8) is 0 Å². The van der Waals surface area contributed by atoms with Gasteiger partial charge < -0.3 is 9.32 Å². The molecule has 4 rings (SSSR count). The Labute approximate surface area is 150 Å². The molecule has 0 aliphatic carbocycles. The second kappa shape index (κ2) is 6.92. The summed E-state index contributed by atoms with van der Waals surface area (Å²) in [6.45, 7) is 3.79. The van der Waals surface area contributed by atoms with Gasteiger partial charge in [0.05, 0.1) is 0 Å². The van der Waals surface area contributed by atoms with Gasteiger partial charge in [0.15, 0.2) is 10.9 Å². The minimum atomic E-state index is -0.00378. The zero-order chi connectivity index (χ0) is 17.2. The Hall–Kier alpha value is -2.28. The molecule has 3 aromatic rings. The minimum absolute atomic E-state index is 0.00378. The summed E-state index contributed by atoms with van der Waals surface area (Å²) in [5.74, 6) is 1.60. The average molecular weight is 356 g/mol. The monoisotopic (exact) mass is 356 g/mol. The molecule has 3 heterocycles. The lowest BCUT2D eigenvalue weighted by atomic mass is 10.00. The number of para-hydroxylation sites is 1. The Bertz CT molecular complexity index is 874. The van der Waals surface area contributed by atoms with E-state index in [4.69, 9.17) is 4.42 Å². The largest absolute Gasteiger partial charge is 0.451 e. The number of hydrogen-bond donors (Lipinski definition) is 1. The van der Waals surface area contributed by atoms with E-state index in [1.807, 2.05) is 29.2 Å². The van der Waals surface area contributed by atoms with Crippen molar-refractivity contribution in [1.29, 1.82) is 0 Å². The van der Waals surface area contributed by atoms with Gasteiger partial charge in [-0.3, -0.25) is 9.89 Å². The van der Waals surface area contributed by atoms with E-state index in [2.05, 4.69) is 22.1 Å². The maximum Gasteiger partial charge on any atom is 0.289 e. The van der Waals surface area contributed by atoms with E-state index in [1.165, 1.54) is 24.5 Å². The summed E-state index contributed by atoms with van der Waals surface area (Å²) < 4.78 is 5.97. The summed E-state index contributed by atoms with van der Waals surface area (Å²) in [7, 11) is 0. The summed E-state index contributed by atoms with van der Waals surface area (Å²) in [4.78, 5) is 19.1. The number of aromatic nitrogens is 3. The second-order valence-electron chi connectivity index (χ2n) is 6.48. The Balaban J connectivity index is 1.67. The molecule has 6 nitrogen and oxygen atoms in total. The zero-order valence-electron chi connectivity index (χ0n) is 14.1. The number of carbonyl (C=O) groups excluding carboxylic acids is 1. The Kier molecular flexibility index (Phi) is 4.48. The molecule has 1 amide bonds. The number of hydrogen-bond acceptors (Lipinski definition) is 5. The van der Waals surface area contributed by atoms with E-state index < -0.39 is 0 Å². The molecule has 1 aliphatic heterocycles. The summed E-state index contributed by atoms with van der Waals surface area (Å²) in [6, 6.07) is 7.81. The van der Waals surface area contributed by atoms with Crippen LogP contribution in [0.25, 0.3) is 11.0 Å². The third-order valence-electron chi connectivity index (χ3n) is 4.58. The minimum Gasteiger partial charge on any atom is -0.451 e. The van der Waals surface area contributed by atoms with E-state index in [9.17, 15) is 4.79 Å². The van der Waals surface area contributed by atoms with E-state index in [1.54, 1.807) is 0 Å². The molecular weight excluding hydrogens is 336 g/mol. The highest BCUT2D eigenvalue weighted by Gasteiger charge is 2.28. The first-order valence-electron chi connectivity index (χ1n) is 8.50. The highest BCUT2D eigenvalue weighted by Crippen LogP contribution is 2.32. The highest BCUT2D eigenvalue weighted by molar-refractivity contribution is 7.98. The van der Waals surface area contributed by atoms with Crippen molar-refractivity contribution >= 4 is 28.6 Å². The van der Waals surface area contributed by atoms with Crippen LogP contribution in [0.15, 0.2) is 40.2 Å². The smallest absolute Gasteiger partial charge is 0.289 e. The van der Waals surface area contributed by atoms with Gasteiger partial charge in [-0.25, -0.2) is 4.98 Å². The van der Waals surface area contributed by atoms with Crippen molar-refractivity contribution < 1.29 is 9.21 Å². The molecule has 0 bridgehead atoms. The SMILES string of the molecule is C[C@H]1CCCN(C(=O)c2oc3ccccc3c2CSc2ncn[nH]2)C1. The number of thioether (sulfide) groups is 1. The lowest BCUT2D eigenvalue weighted by Gasteiger charge is -2.30. The van der Waals surface area contributed by atoms with Gasteiger partial charge >= 0.3 is 0 Å². The van der Waals surface area contributed by atoms with Gasteiger partial charge in [-0.15, -0.1) is 0 Å². The highest BCUT2D eigenvalue weighted by atomic mass is 32.2.